The molecule has 44 heavy (non-hydrogen) atoms. The van der Waals surface area contributed by atoms with Crippen molar-refractivity contribution >= 4 is 28.5 Å². The summed E-state index contributed by atoms with van der Waals surface area (Å²) in [6, 6.07) is 45.5. The second kappa shape index (κ2) is 9.71. The van der Waals surface area contributed by atoms with E-state index in [-0.39, 0.29) is 5.92 Å². The van der Waals surface area contributed by atoms with Gasteiger partial charge in [0.15, 0.2) is 7.14 Å². The second-order valence-corrected chi connectivity index (χ2v) is 14.2. The molecule has 2 aliphatic heterocycles. The number of allylic oxidation sites excluding steroid dienone is 4. The summed E-state index contributed by atoms with van der Waals surface area (Å²) < 4.78 is 29.6. The number of ether oxygens (including phenoxy) is 2. The van der Waals surface area contributed by atoms with E-state index >= 15 is 4.57 Å². The molecule has 1 aliphatic carbocycles. The van der Waals surface area contributed by atoms with Crippen molar-refractivity contribution in [2.75, 3.05) is 0 Å². The largest absolute Gasteiger partial charge is 0.460 e. The van der Waals surface area contributed by atoms with E-state index < -0.39 is 7.14 Å². The Morgan fingerprint density at radius 2 is 1.32 bits per heavy atom. The monoisotopic (exact) mass is 586 g/mol. The van der Waals surface area contributed by atoms with E-state index in [1.165, 1.54) is 5.56 Å². The molecule has 0 bridgehead atoms. The van der Waals surface area contributed by atoms with Crippen LogP contribution >= 0.6 is 7.14 Å². The minimum atomic E-state index is -3.39. The molecule has 2 heterocycles. The highest BCUT2D eigenvalue weighted by Gasteiger charge is 2.49. The molecule has 9 rings (SSSR count). The van der Waals surface area contributed by atoms with Gasteiger partial charge in [-0.25, -0.2) is 0 Å². The van der Waals surface area contributed by atoms with Gasteiger partial charge in [0.05, 0.1) is 10.6 Å². The van der Waals surface area contributed by atoms with Gasteiger partial charge in [-0.1, -0.05) is 121 Å². The molecule has 0 fully saturated rings. The molecule has 6 aromatic rings. The van der Waals surface area contributed by atoms with Gasteiger partial charge in [0.1, 0.15) is 28.3 Å². The minimum absolute atomic E-state index is 0.149. The first-order valence-electron chi connectivity index (χ1n) is 15.0. The van der Waals surface area contributed by atoms with Crippen molar-refractivity contribution in [1.82, 2.24) is 0 Å². The summed E-state index contributed by atoms with van der Waals surface area (Å²) in [5.74, 6) is 2.80. The maximum atomic E-state index is 16.1. The second-order valence-electron chi connectivity index (χ2n) is 11.6. The average Bonchev–Trinajstić information content (AvgIpc) is 3.09. The van der Waals surface area contributed by atoms with Crippen molar-refractivity contribution in [3.63, 3.8) is 0 Å². The molecular weight excluding hydrogens is 559 g/mol. The average molecular weight is 587 g/mol. The lowest BCUT2D eigenvalue weighted by molar-refractivity contribution is 0.388. The third kappa shape index (κ3) is 3.73. The van der Waals surface area contributed by atoms with E-state index in [9.17, 15) is 0 Å². The highest BCUT2D eigenvalue weighted by atomic mass is 31.2. The maximum absolute atomic E-state index is 16.1. The van der Waals surface area contributed by atoms with Gasteiger partial charge >= 0.3 is 0 Å². The fourth-order valence-corrected chi connectivity index (χ4v) is 10.3. The molecule has 0 spiro atoms. The van der Waals surface area contributed by atoms with Crippen LogP contribution in [-0.2, 0) is 4.57 Å². The van der Waals surface area contributed by atoms with Crippen LogP contribution in [0.5, 0.6) is 17.2 Å². The lowest BCUT2D eigenvalue weighted by Crippen LogP contribution is -2.32. The highest BCUT2D eigenvalue weighted by molar-refractivity contribution is 7.83. The van der Waals surface area contributed by atoms with E-state index in [0.29, 0.717) is 29.0 Å². The summed E-state index contributed by atoms with van der Waals surface area (Å²) in [7, 11) is -3.39. The summed E-state index contributed by atoms with van der Waals surface area (Å²) >= 11 is 0. The summed E-state index contributed by atoms with van der Waals surface area (Å²) in [4.78, 5) is 0. The third-order valence-corrected chi connectivity index (χ3v) is 12.3. The van der Waals surface area contributed by atoms with Crippen LogP contribution in [0.4, 0.5) is 0 Å². The Bertz CT molecular complexity index is 2230. The Morgan fingerprint density at radius 1 is 0.614 bits per heavy atom. The summed E-state index contributed by atoms with van der Waals surface area (Å²) in [6.07, 6.45) is 4.90. The van der Waals surface area contributed by atoms with Crippen molar-refractivity contribution < 1.29 is 14.0 Å². The van der Waals surface area contributed by atoms with Gasteiger partial charge < -0.3 is 14.0 Å². The molecule has 0 N–H and O–H groups in total. The molecule has 0 aromatic heterocycles. The summed E-state index contributed by atoms with van der Waals surface area (Å²) in [5, 5.41) is 4.18. The van der Waals surface area contributed by atoms with Crippen molar-refractivity contribution in [3.05, 3.63) is 162 Å². The standard InChI is InChI=1S/C40H27O3P/c41-44-37-23-19-30(27-12-5-2-6-13-27)25-36(37)42-35-22-20-32(31-16-9-15-29(24-31)26-10-3-1-4-11-26)38(40(35)44)43-34-21-18-28-14-7-8-17-33(28)39(34)44/h1-24,30H,25H2. The van der Waals surface area contributed by atoms with Crippen molar-refractivity contribution in [1.29, 1.82) is 0 Å². The van der Waals surface area contributed by atoms with Crippen LogP contribution in [0.2, 0.25) is 0 Å². The zero-order valence-electron chi connectivity index (χ0n) is 23.8. The third-order valence-electron chi connectivity index (χ3n) is 9.06. The van der Waals surface area contributed by atoms with Gasteiger partial charge in [-0.3, -0.25) is 0 Å². The Balaban J connectivity index is 1.28. The van der Waals surface area contributed by atoms with E-state index in [0.717, 1.165) is 49.4 Å². The molecule has 2 unspecified atom stereocenters. The van der Waals surface area contributed by atoms with Crippen LogP contribution in [0.25, 0.3) is 33.0 Å². The number of hydrogen-bond acceptors (Lipinski definition) is 3. The first-order valence-corrected chi connectivity index (χ1v) is 16.7. The molecule has 2 atom stereocenters. The van der Waals surface area contributed by atoms with Crippen LogP contribution in [-0.4, -0.2) is 0 Å². The molecule has 0 saturated carbocycles. The first-order chi connectivity index (χ1) is 21.7. The predicted octanol–water partition coefficient (Wildman–Crippen LogP) is 9.94. The molecule has 0 amide bonds. The fourth-order valence-electron chi connectivity index (χ4n) is 6.98. The zero-order valence-corrected chi connectivity index (χ0v) is 24.7. The molecule has 3 aliphatic rings. The molecule has 0 saturated heterocycles. The van der Waals surface area contributed by atoms with Crippen molar-refractivity contribution in [2.45, 2.75) is 12.3 Å². The van der Waals surface area contributed by atoms with Gasteiger partial charge in [0, 0.05) is 17.9 Å². The van der Waals surface area contributed by atoms with Crippen LogP contribution in [0.1, 0.15) is 17.9 Å². The van der Waals surface area contributed by atoms with Gasteiger partial charge in [-0.15, -0.1) is 0 Å². The van der Waals surface area contributed by atoms with Crippen molar-refractivity contribution in [2.24, 2.45) is 0 Å². The molecule has 210 valence electrons. The van der Waals surface area contributed by atoms with Crippen molar-refractivity contribution in [3.8, 4) is 39.5 Å². The van der Waals surface area contributed by atoms with E-state index in [1.807, 2.05) is 54.6 Å². The van der Waals surface area contributed by atoms with Gasteiger partial charge in [-0.05, 0) is 57.3 Å². The number of benzene rings is 6. The van der Waals surface area contributed by atoms with Crippen LogP contribution in [0.3, 0.4) is 0 Å². The molecule has 6 aromatic carbocycles. The molecule has 4 heteroatoms. The highest BCUT2D eigenvalue weighted by Crippen LogP contribution is 2.67. The van der Waals surface area contributed by atoms with Gasteiger partial charge in [0.2, 0.25) is 0 Å². The Labute approximate surface area is 256 Å². The minimum Gasteiger partial charge on any atom is -0.460 e. The van der Waals surface area contributed by atoms with Crippen LogP contribution < -0.4 is 20.1 Å². The lowest BCUT2D eigenvalue weighted by Gasteiger charge is -2.38. The molecule has 0 radical (unpaired) electrons. The zero-order chi connectivity index (χ0) is 29.3. The molecular formula is C40H27O3P. The van der Waals surface area contributed by atoms with Gasteiger partial charge in [-0.2, -0.15) is 0 Å². The molecule has 3 nitrogen and oxygen atoms in total. The number of fused-ring (bicyclic) bond motifs is 5. The van der Waals surface area contributed by atoms with E-state index in [2.05, 4.69) is 91.0 Å². The Kier molecular flexibility index (Phi) is 5.60. The summed E-state index contributed by atoms with van der Waals surface area (Å²) in [6.45, 7) is 0. The maximum Gasteiger partial charge on any atom is 0.186 e. The number of rotatable bonds is 3. The van der Waals surface area contributed by atoms with Crippen LogP contribution in [0.15, 0.2) is 157 Å². The normalized spacial score (nSPS) is 19.4. The van der Waals surface area contributed by atoms with E-state index in [1.54, 1.807) is 0 Å². The van der Waals surface area contributed by atoms with Crippen LogP contribution in [0, 0.1) is 0 Å². The lowest BCUT2D eigenvalue weighted by atomic mass is 9.91. The number of hydrogen-bond donors (Lipinski definition) is 0. The smallest absolute Gasteiger partial charge is 0.186 e. The Hall–Kier alpha value is -5.11. The summed E-state index contributed by atoms with van der Waals surface area (Å²) in [5.41, 5.74) is 5.37. The predicted molar refractivity (Wildman–Crippen MR) is 179 cm³/mol. The van der Waals surface area contributed by atoms with E-state index in [4.69, 9.17) is 9.47 Å². The SMILES string of the molecule is O=P12C3=C(CC(c4ccccc4)C=C3)Oc3ccc(-c4cccc(-c5ccccc5)c4)c(c31)Oc1ccc3ccccc3c12. The topological polar surface area (TPSA) is 35.5 Å². The first kappa shape index (κ1) is 25.4. The fraction of sp³-hybridized carbons (Fsp3) is 0.0500. The quantitative estimate of drug-likeness (QED) is 0.194. The van der Waals surface area contributed by atoms with Gasteiger partial charge in [0.25, 0.3) is 0 Å². The Morgan fingerprint density at radius 3 is 2.18 bits per heavy atom.